The Bertz CT molecular complexity index is 690. The Kier molecular flexibility index (Phi) is 4.83. The van der Waals surface area contributed by atoms with E-state index in [2.05, 4.69) is 10.3 Å². The number of benzene rings is 1. The van der Waals surface area contributed by atoms with E-state index >= 15 is 0 Å². The van der Waals surface area contributed by atoms with Gasteiger partial charge in [-0.05, 0) is 36.2 Å². The molecule has 0 saturated heterocycles. The minimum Gasteiger partial charge on any atom is -0.378 e. The Morgan fingerprint density at radius 1 is 1.26 bits per heavy atom. The molecule has 1 unspecified atom stereocenters. The first-order valence-corrected chi connectivity index (χ1v) is 6.85. The summed E-state index contributed by atoms with van der Waals surface area (Å²) < 4.78 is 39.0. The van der Waals surface area contributed by atoms with Crippen LogP contribution in [0.15, 0.2) is 42.7 Å². The maximum atomic E-state index is 13.0. The lowest BCUT2D eigenvalue weighted by Crippen LogP contribution is -2.13. The molecule has 0 amide bonds. The zero-order chi connectivity index (χ0) is 17.0. The second-order valence-corrected chi connectivity index (χ2v) is 4.87. The summed E-state index contributed by atoms with van der Waals surface area (Å²) in [5.41, 5.74) is -1.18. The topological polar surface area (TPSA) is 68.1 Å². The van der Waals surface area contributed by atoms with Gasteiger partial charge in [-0.25, -0.2) is 0 Å². The molecular weight excluding hydrogens is 311 g/mol. The first-order chi connectivity index (χ1) is 10.8. The van der Waals surface area contributed by atoms with E-state index in [0.717, 1.165) is 17.7 Å². The van der Waals surface area contributed by atoms with Gasteiger partial charge in [0.25, 0.3) is 5.69 Å². The fourth-order valence-corrected chi connectivity index (χ4v) is 2.23. The van der Waals surface area contributed by atoms with Gasteiger partial charge in [0.2, 0.25) is 0 Å². The molecule has 0 aliphatic heterocycles. The van der Waals surface area contributed by atoms with Crippen LogP contribution in [0, 0.1) is 10.1 Å². The summed E-state index contributed by atoms with van der Waals surface area (Å²) in [4.78, 5) is 13.6. The van der Waals surface area contributed by atoms with Gasteiger partial charge in [-0.1, -0.05) is 6.92 Å². The number of pyridine rings is 1. The van der Waals surface area contributed by atoms with Crippen LogP contribution in [0.25, 0.3) is 0 Å². The van der Waals surface area contributed by atoms with Crippen LogP contribution >= 0.6 is 0 Å². The Hall–Kier alpha value is -2.64. The van der Waals surface area contributed by atoms with E-state index in [-0.39, 0.29) is 11.7 Å². The molecule has 0 radical (unpaired) electrons. The maximum absolute atomic E-state index is 13.0. The number of nitro groups is 1. The predicted molar refractivity (Wildman–Crippen MR) is 79.0 cm³/mol. The number of rotatable bonds is 5. The molecule has 1 heterocycles. The summed E-state index contributed by atoms with van der Waals surface area (Å²) >= 11 is 0. The van der Waals surface area contributed by atoms with Crippen LogP contribution in [0.3, 0.4) is 0 Å². The lowest BCUT2D eigenvalue weighted by atomic mass is 10.0. The molecule has 2 aromatic rings. The van der Waals surface area contributed by atoms with Crippen LogP contribution in [0.4, 0.5) is 24.5 Å². The van der Waals surface area contributed by atoms with Gasteiger partial charge in [0.15, 0.2) is 0 Å². The minimum absolute atomic E-state index is 0.173. The smallest absolute Gasteiger partial charge is 0.378 e. The Balaban J connectivity index is 2.35. The molecule has 1 N–H and O–H groups in total. The van der Waals surface area contributed by atoms with Crippen molar-refractivity contribution < 1.29 is 18.1 Å². The van der Waals surface area contributed by atoms with Gasteiger partial charge in [-0.2, -0.15) is 13.2 Å². The summed E-state index contributed by atoms with van der Waals surface area (Å²) in [6.07, 6.45) is -0.978. The van der Waals surface area contributed by atoms with Gasteiger partial charge in [-0.15, -0.1) is 0 Å². The molecule has 1 aromatic carbocycles. The molecule has 0 saturated carbocycles. The standard InChI is InChI=1S/C15H14F3N3O2/c1-2-13(10-5-7-19-8-6-10)20-11-3-4-14(21(22)23)12(9-11)15(16,17)18/h3-9,13,20H,2H2,1H3. The molecule has 0 fully saturated rings. The summed E-state index contributed by atoms with van der Waals surface area (Å²) in [6, 6.07) is 6.21. The molecule has 2 rings (SSSR count). The molecule has 0 spiro atoms. The van der Waals surface area contributed by atoms with Crippen LogP contribution in [0.2, 0.25) is 0 Å². The molecule has 122 valence electrons. The third-order valence-corrected chi connectivity index (χ3v) is 3.36. The van der Waals surface area contributed by atoms with Gasteiger partial charge >= 0.3 is 6.18 Å². The average Bonchev–Trinajstić information content (AvgIpc) is 2.52. The predicted octanol–water partition coefficient (Wildman–Crippen LogP) is 4.57. The highest BCUT2D eigenvalue weighted by Crippen LogP contribution is 2.38. The van der Waals surface area contributed by atoms with Crippen molar-refractivity contribution >= 4 is 11.4 Å². The van der Waals surface area contributed by atoms with Crippen molar-refractivity contribution in [2.45, 2.75) is 25.6 Å². The van der Waals surface area contributed by atoms with Crippen molar-refractivity contribution in [3.63, 3.8) is 0 Å². The monoisotopic (exact) mass is 325 g/mol. The summed E-state index contributed by atoms with van der Waals surface area (Å²) in [7, 11) is 0. The van der Waals surface area contributed by atoms with Crippen molar-refractivity contribution in [2.75, 3.05) is 5.32 Å². The Morgan fingerprint density at radius 2 is 1.91 bits per heavy atom. The third-order valence-electron chi connectivity index (χ3n) is 3.36. The van der Waals surface area contributed by atoms with E-state index in [1.54, 1.807) is 24.5 Å². The lowest BCUT2D eigenvalue weighted by Gasteiger charge is -2.19. The van der Waals surface area contributed by atoms with Crippen molar-refractivity contribution in [3.05, 3.63) is 64.0 Å². The van der Waals surface area contributed by atoms with Gasteiger partial charge in [-0.3, -0.25) is 15.1 Å². The quantitative estimate of drug-likeness (QED) is 0.646. The van der Waals surface area contributed by atoms with Crippen molar-refractivity contribution in [2.24, 2.45) is 0 Å². The normalized spacial score (nSPS) is 12.7. The maximum Gasteiger partial charge on any atom is 0.423 e. The molecule has 5 nitrogen and oxygen atoms in total. The number of hydrogen-bond acceptors (Lipinski definition) is 4. The third kappa shape index (κ3) is 3.97. The number of nitro benzene ring substituents is 1. The van der Waals surface area contributed by atoms with Crippen molar-refractivity contribution in [3.8, 4) is 0 Å². The van der Waals surface area contributed by atoms with E-state index in [9.17, 15) is 23.3 Å². The van der Waals surface area contributed by atoms with Crippen molar-refractivity contribution in [1.29, 1.82) is 0 Å². The van der Waals surface area contributed by atoms with Crippen LogP contribution in [-0.4, -0.2) is 9.91 Å². The van der Waals surface area contributed by atoms with Gasteiger partial charge in [0.1, 0.15) is 5.56 Å². The summed E-state index contributed by atoms with van der Waals surface area (Å²) in [5, 5.41) is 13.7. The minimum atomic E-state index is -4.79. The first-order valence-electron chi connectivity index (χ1n) is 6.85. The molecule has 1 aromatic heterocycles. The number of aromatic nitrogens is 1. The number of nitrogens with one attached hydrogen (secondary N) is 1. The number of halogens is 3. The molecule has 23 heavy (non-hydrogen) atoms. The molecular formula is C15H14F3N3O2. The number of hydrogen-bond donors (Lipinski definition) is 1. The Morgan fingerprint density at radius 3 is 2.43 bits per heavy atom. The second kappa shape index (κ2) is 6.64. The zero-order valence-electron chi connectivity index (χ0n) is 12.2. The number of alkyl halides is 3. The van der Waals surface area contributed by atoms with Gasteiger partial charge in [0.05, 0.1) is 11.0 Å². The fraction of sp³-hybridized carbons (Fsp3) is 0.267. The highest BCUT2D eigenvalue weighted by Gasteiger charge is 2.38. The lowest BCUT2D eigenvalue weighted by molar-refractivity contribution is -0.388. The van der Waals surface area contributed by atoms with E-state index in [0.29, 0.717) is 6.42 Å². The Labute approximate surface area is 130 Å². The number of anilines is 1. The largest absolute Gasteiger partial charge is 0.423 e. The van der Waals surface area contributed by atoms with E-state index in [4.69, 9.17) is 0 Å². The van der Waals surface area contributed by atoms with Gasteiger partial charge < -0.3 is 5.32 Å². The van der Waals surface area contributed by atoms with Crippen molar-refractivity contribution in [1.82, 2.24) is 4.98 Å². The van der Waals surface area contributed by atoms with Gasteiger partial charge in [0, 0.05) is 24.1 Å². The first kappa shape index (κ1) is 16.7. The van der Waals surface area contributed by atoms with Crippen LogP contribution < -0.4 is 5.32 Å². The summed E-state index contributed by atoms with van der Waals surface area (Å²) in [5.74, 6) is 0. The molecule has 0 bridgehead atoms. The van der Waals surface area contributed by atoms with E-state index in [1.165, 1.54) is 6.07 Å². The number of nitrogens with zero attached hydrogens (tertiary/aromatic N) is 2. The zero-order valence-corrected chi connectivity index (χ0v) is 12.2. The van der Waals surface area contributed by atoms with E-state index < -0.39 is 22.4 Å². The van der Waals surface area contributed by atoms with Crippen LogP contribution in [0.1, 0.15) is 30.5 Å². The fourth-order valence-electron chi connectivity index (χ4n) is 2.23. The molecule has 1 atom stereocenters. The van der Waals surface area contributed by atoms with Crippen LogP contribution in [-0.2, 0) is 6.18 Å². The highest BCUT2D eigenvalue weighted by atomic mass is 19.4. The molecule has 0 aliphatic rings. The summed E-state index contributed by atoms with van der Waals surface area (Å²) in [6.45, 7) is 1.88. The molecule has 0 aliphatic carbocycles. The molecule has 8 heteroatoms. The van der Waals surface area contributed by atoms with Crippen LogP contribution in [0.5, 0.6) is 0 Å². The van der Waals surface area contributed by atoms with E-state index in [1.807, 2.05) is 6.92 Å². The highest BCUT2D eigenvalue weighted by molar-refractivity contribution is 5.56. The SMILES string of the molecule is CCC(Nc1ccc([N+](=O)[O-])c(C(F)(F)F)c1)c1ccncc1. The average molecular weight is 325 g/mol. The second-order valence-electron chi connectivity index (χ2n) is 4.87.